The second-order valence-corrected chi connectivity index (χ2v) is 7.79. The molecule has 1 aliphatic carbocycles. The fraction of sp³-hybridized carbons (Fsp3) is 0.350. The first-order valence-corrected chi connectivity index (χ1v) is 9.00. The van der Waals surface area contributed by atoms with Crippen LogP contribution in [0.15, 0.2) is 46.9 Å². The predicted octanol–water partition coefficient (Wildman–Crippen LogP) is 5.48. The third-order valence-electron chi connectivity index (χ3n) is 4.79. The smallest absolute Gasteiger partial charge is 0.160 e. The van der Waals surface area contributed by atoms with Crippen molar-refractivity contribution in [1.82, 2.24) is 0 Å². The Balaban J connectivity index is 2.04. The predicted molar refractivity (Wildman–Crippen MR) is 94.2 cm³/mol. The summed E-state index contributed by atoms with van der Waals surface area (Å²) in [5, 5.41) is 2.89. The van der Waals surface area contributed by atoms with Gasteiger partial charge in [0.1, 0.15) is 0 Å². The maximum absolute atomic E-state index is 12.6. The van der Waals surface area contributed by atoms with Crippen molar-refractivity contribution in [1.29, 1.82) is 0 Å². The van der Waals surface area contributed by atoms with Gasteiger partial charge in [0.2, 0.25) is 0 Å². The first kappa shape index (κ1) is 14.1. The molecule has 0 bridgehead atoms. The third kappa shape index (κ3) is 2.04. The minimum atomic E-state index is 0.316. The topological polar surface area (TPSA) is 17.1 Å². The second kappa shape index (κ2) is 5.27. The molecular weight excluding hydrogens is 288 g/mol. The molecule has 1 heterocycles. The Kier molecular flexibility index (Phi) is 3.37. The van der Waals surface area contributed by atoms with Gasteiger partial charge < -0.3 is 0 Å². The van der Waals surface area contributed by atoms with E-state index in [0.717, 1.165) is 24.8 Å². The van der Waals surface area contributed by atoms with Crippen LogP contribution in [-0.2, 0) is 4.79 Å². The monoisotopic (exact) mass is 308 g/mol. The molecule has 0 amide bonds. The van der Waals surface area contributed by atoms with E-state index in [1.54, 1.807) is 0 Å². The van der Waals surface area contributed by atoms with E-state index in [2.05, 4.69) is 50.2 Å². The van der Waals surface area contributed by atoms with Crippen molar-refractivity contribution in [3.8, 4) is 0 Å². The van der Waals surface area contributed by atoms with Crippen LogP contribution in [0, 0.1) is 5.92 Å². The molecule has 0 spiro atoms. The summed E-state index contributed by atoms with van der Waals surface area (Å²) >= 11 is 1.89. The lowest BCUT2D eigenvalue weighted by Crippen LogP contribution is -2.27. The summed E-state index contributed by atoms with van der Waals surface area (Å²) in [6.45, 7) is 4.46. The molecule has 0 saturated heterocycles. The van der Waals surface area contributed by atoms with Gasteiger partial charge in [-0.1, -0.05) is 44.2 Å². The van der Waals surface area contributed by atoms with Crippen LogP contribution in [0.1, 0.15) is 38.7 Å². The van der Waals surface area contributed by atoms with Crippen molar-refractivity contribution < 1.29 is 4.79 Å². The van der Waals surface area contributed by atoms with E-state index < -0.39 is 0 Å². The standard InChI is InChI=1S/C20H20OS/c1-12(2)20-19-15(8-5-9-16(19)21)18-14-7-4-3-6-13(14)10-11-17(18)22-20/h3-4,6-7,10-12,20H,5,8-9H2,1-2H3. The van der Waals surface area contributed by atoms with Crippen LogP contribution in [-0.4, -0.2) is 11.0 Å². The molecule has 1 atom stereocenters. The van der Waals surface area contributed by atoms with Gasteiger partial charge in [-0.3, -0.25) is 4.79 Å². The Morgan fingerprint density at radius 1 is 1.09 bits per heavy atom. The van der Waals surface area contributed by atoms with Crippen molar-refractivity contribution in [2.45, 2.75) is 43.3 Å². The average molecular weight is 308 g/mol. The summed E-state index contributed by atoms with van der Waals surface area (Å²) in [7, 11) is 0. The Morgan fingerprint density at radius 2 is 1.91 bits per heavy atom. The fourth-order valence-electron chi connectivity index (χ4n) is 3.78. The average Bonchev–Trinajstić information content (AvgIpc) is 2.53. The molecule has 1 unspecified atom stereocenters. The molecule has 22 heavy (non-hydrogen) atoms. The van der Waals surface area contributed by atoms with E-state index in [0.29, 0.717) is 17.0 Å². The molecular formula is C20H20OS. The lowest BCUT2D eigenvalue weighted by molar-refractivity contribution is -0.116. The molecule has 0 radical (unpaired) electrons. The molecule has 2 aromatic carbocycles. The number of rotatable bonds is 1. The van der Waals surface area contributed by atoms with Gasteiger partial charge in [-0.2, -0.15) is 0 Å². The highest BCUT2D eigenvalue weighted by molar-refractivity contribution is 8.00. The van der Waals surface area contributed by atoms with Crippen LogP contribution in [0.5, 0.6) is 0 Å². The molecule has 0 saturated carbocycles. The van der Waals surface area contributed by atoms with Gasteiger partial charge in [0, 0.05) is 22.1 Å². The zero-order valence-corrected chi connectivity index (χ0v) is 13.9. The zero-order valence-electron chi connectivity index (χ0n) is 13.1. The normalized spacial score (nSPS) is 21.2. The summed E-state index contributed by atoms with van der Waals surface area (Å²) in [5.74, 6) is 0.864. The maximum Gasteiger partial charge on any atom is 0.160 e. The maximum atomic E-state index is 12.6. The largest absolute Gasteiger partial charge is 0.294 e. The number of benzene rings is 2. The Labute approximate surface area is 135 Å². The molecule has 0 N–H and O–H groups in total. The lowest BCUT2D eigenvalue weighted by atomic mass is 9.81. The van der Waals surface area contributed by atoms with Gasteiger partial charge in [-0.05, 0) is 46.7 Å². The van der Waals surface area contributed by atoms with Gasteiger partial charge in [0.25, 0.3) is 0 Å². The Bertz CT molecular complexity index is 800. The summed E-state index contributed by atoms with van der Waals surface area (Å²) in [6, 6.07) is 13.0. The molecule has 112 valence electrons. The highest BCUT2D eigenvalue weighted by Gasteiger charge is 2.36. The second-order valence-electron chi connectivity index (χ2n) is 6.61. The quantitative estimate of drug-likeness (QED) is 0.694. The zero-order chi connectivity index (χ0) is 15.3. The van der Waals surface area contributed by atoms with E-state index in [-0.39, 0.29) is 0 Å². The van der Waals surface area contributed by atoms with E-state index in [4.69, 9.17) is 0 Å². The van der Waals surface area contributed by atoms with Gasteiger partial charge >= 0.3 is 0 Å². The van der Waals surface area contributed by atoms with E-state index >= 15 is 0 Å². The number of Topliss-reactive ketones (excluding diaryl/α,β-unsaturated/α-hetero) is 1. The van der Waals surface area contributed by atoms with E-state index in [1.165, 1.54) is 26.8 Å². The Morgan fingerprint density at radius 3 is 2.73 bits per heavy atom. The molecule has 2 heteroatoms. The number of allylic oxidation sites excluding steroid dienone is 1. The molecule has 0 aromatic heterocycles. The van der Waals surface area contributed by atoms with Crippen LogP contribution in [0.3, 0.4) is 0 Å². The van der Waals surface area contributed by atoms with Gasteiger partial charge in [0.05, 0.1) is 0 Å². The van der Waals surface area contributed by atoms with Crippen molar-refractivity contribution in [2.24, 2.45) is 5.92 Å². The Hall–Kier alpha value is -1.54. The summed E-state index contributed by atoms with van der Waals surface area (Å²) in [6.07, 6.45) is 2.77. The van der Waals surface area contributed by atoms with Crippen molar-refractivity contribution >= 4 is 33.9 Å². The van der Waals surface area contributed by atoms with Crippen LogP contribution in [0.25, 0.3) is 16.3 Å². The molecule has 0 fully saturated rings. The van der Waals surface area contributed by atoms with Gasteiger partial charge in [-0.15, -0.1) is 11.8 Å². The highest BCUT2D eigenvalue weighted by Crippen LogP contribution is 2.50. The van der Waals surface area contributed by atoms with E-state index in [1.807, 2.05) is 11.8 Å². The molecule has 1 aliphatic heterocycles. The van der Waals surface area contributed by atoms with Crippen LogP contribution >= 0.6 is 11.8 Å². The number of hydrogen-bond acceptors (Lipinski definition) is 2. The third-order valence-corrected chi connectivity index (χ3v) is 6.42. The molecule has 1 nitrogen and oxygen atoms in total. The van der Waals surface area contributed by atoms with E-state index in [9.17, 15) is 4.79 Å². The van der Waals surface area contributed by atoms with Crippen molar-refractivity contribution in [3.63, 3.8) is 0 Å². The number of ketones is 1. The summed E-state index contributed by atoms with van der Waals surface area (Å²) in [4.78, 5) is 14.0. The van der Waals surface area contributed by atoms with Gasteiger partial charge in [-0.25, -0.2) is 0 Å². The first-order valence-electron chi connectivity index (χ1n) is 8.12. The van der Waals surface area contributed by atoms with Gasteiger partial charge in [0.15, 0.2) is 5.78 Å². The number of fused-ring (bicyclic) bond motifs is 4. The molecule has 2 aromatic rings. The minimum Gasteiger partial charge on any atom is -0.294 e. The SMILES string of the molecule is CC(C)C1Sc2ccc3ccccc3c2C2=C1C(=O)CCC2. The minimum absolute atomic E-state index is 0.316. The first-order chi connectivity index (χ1) is 10.7. The summed E-state index contributed by atoms with van der Waals surface area (Å²) in [5.41, 5.74) is 3.79. The number of hydrogen-bond donors (Lipinski definition) is 0. The molecule has 2 aliphatic rings. The number of thioether (sulfide) groups is 1. The molecule has 4 rings (SSSR count). The highest BCUT2D eigenvalue weighted by atomic mass is 32.2. The van der Waals surface area contributed by atoms with Crippen molar-refractivity contribution in [2.75, 3.05) is 0 Å². The number of carbonyl (C=O) groups is 1. The fourth-order valence-corrected chi connectivity index (χ4v) is 5.21. The van der Waals surface area contributed by atoms with Crippen LogP contribution < -0.4 is 0 Å². The van der Waals surface area contributed by atoms with Crippen LogP contribution in [0.2, 0.25) is 0 Å². The summed E-state index contributed by atoms with van der Waals surface area (Å²) < 4.78 is 0. The lowest BCUT2D eigenvalue weighted by Gasteiger charge is -2.34. The van der Waals surface area contributed by atoms with Crippen LogP contribution in [0.4, 0.5) is 0 Å². The number of carbonyl (C=O) groups excluding carboxylic acids is 1. The van der Waals surface area contributed by atoms with Crippen molar-refractivity contribution in [3.05, 3.63) is 47.5 Å².